The molecule has 5 heteroatoms. The molecular weight excluding hydrogens is 242 g/mol. The lowest BCUT2D eigenvalue weighted by atomic mass is 9.82. The number of hydrogen-bond acceptors (Lipinski definition) is 3. The molecule has 0 aromatic rings. The number of hydrogen-bond donors (Lipinski definition) is 1. The van der Waals surface area contributed by atoms with Crippen LogP contribution in [0.4, 0.5) is 0 Å². The zero-order valence-electron chi connectivity index (χ0n) is 10.4. The van der Waals surface area contributed by atoms with Crippen LogP contribution in [-0.4, -0.2) is 30.9 Å². The molecule has 0 saturated heterocycles. The summed E-state index contributed by atoms with van der Waals surface area (Å²) in [5, 5.41) is 1.95. The van der Waals surface area contributed by atoms with E-state index in [2.05, 4.69) is 10.1 Å². The minimum Gasteiger partial charge on any atom is -0.468 e. The van der Waals surface area contributed by atoms with E-state index in [-0.39, 0.29) is 17.9 Å². The largest absolute Gasteiger partial charge is 0.468 e. The van der Waals surface area contributed by atoms with Gasteiger partial charge >= 0.3 is 5.97 Å². The normalized spacial score (nSPS) is 19.7. The molecule has 0 radical (unpaired) electrons. The molecule has 0 bridgehead atoms. The Kier molecular flexibility index (Phi) is 5.25. The second-order valence-electron chi connectivity index (χ2n) is 4.54. The molecule has 1 aliphatic rings. The van der Waals surface area contributed by atoms with Crippen LogP contribution in [0.15, 0.2) is 0 Å². The number of carbonyl (C=O) groups is 2. The van der Waals surface area contributed by atoms with Crippen LogP contribution in [0.3, 0.4) is 0 Å². The maximum Gasteiger partial charge on any atom is 0.325 e. The van der Waals surface area contributed by atoms with Crippen molar-refractivity contribution in [2.24, 2.45) is 5.41 Å². The summed E-state index contributed by atoms with van der Waals surface area (Å²) in [6, 6.07) is 0. The van der Waals surface area contributed by atoms with Crippen LogP contribution in [0.1, 0.15) is 39.0 Å². The molecular formula is C12H20ClNO3. The second kappa shape index (κ2) is 6.24. The van der Waals surface area contributed by atoms with Gasteiger partial charge in [-0.05, 0) is 19.3 Å². The number of rotatable bonds is 5. The van der Waals surface area contributed by atoms with Crippen molar-refractivity contribution in [2.45, 2.75) is 44.4 Å². The molecule has 1 N–H and O–H groups in total. The SMILES string of the molecule is CCC1(C(=O)NCC(Cl)C(=O)OC)CCCC1. The van der Waals surface area contributed by atoms with Crippen molar-refractivity contribution >= 4 is 23.5 Å². The predicted octanol–water partition coefficient (Wildman–Crippen LogP) is 1.85. The summed E-state index contributed by atoms with van der Waals surface area (Å²) in [5.41, 5.74) is -0.243. The lowest BCUT2D eigenvalue weighted by Gasteiger charge is -2.26. The summed E-state index contributed by atoms with van der Waals surface area (Å²) in [7, 11) is 1.28. The molecule has 1 amide bonds. The van der Waals surface area contributed by atoms with E-state index in [1.54, 1.807) is 0 Å². The summed E-state index contributed by atoms with van der Waals surface area (Å²) in [5.74, 6) is -0.490. The molecule has 0 aliphatic heterocycles. The molecule has 4 nitrogen and oxygen atoms in total. The summed E-state index contributed by atoms with van der Waals surface area (Å²) < 4.78 is 4.50. The van der Waals surface area contributed by atoms with Crippen LogP contribution in [0.5, 0.6) is 0 Å². The minimum atomic E-state index is -0.806. The molecule has 1 aliphatic carbocycles. The first kappa shape index (κ1) is 14.3. The van der Waals surface area contributed by atoms with Crippen molar-refractivity contribution in [1.82, 2.24) is 5.32 Å². The Balaban J connectivity index is 2.46. The van der Waals surface area contributed by atoms with Crippen LogP contribution < -0.4 is 5.32 Å². The van der Waals surface area contributed by atoms with Crippen molar-refractivity contribution in [3.8, 4) is 0 Å². The number of esters is 1. The first-order chi connectivity index (χ1) is 8.05. The molecule has 98 valence electrons. The first-order valence-electron chi connectivity index (χ1n) is 6.06. The number of nitrogens with one attached hydrogen (secondary N) is 1. The third kappa shape index (κ3) is 3.35. The highest BCUT2D eigenvalue weighted by atomic mass is 35.5. The smallest absolute Gasteiger partial charge is 0.325 e. The Labute approximate surface area is 107 Å². The summed E-state index contributed by atoms with van der Waals surface area (Å²) >= 11 is 5.78. The minimum absolute atomic E-state index is 0.0204. The molecule has 0 spiro atoms. The van der Waals surface area contributed by atoms with E-state index in [9.17, 15) is 9.59 Å². The average molecular weight is 262 g/mol. The van der Waals surface area contributed by atoms with E-state index in [0.29, 0.717) is 0 Å². The lowest BCUT2D eigenvalue weighted by Crippen LogP contribution is -2.42. The van der Waals surface area contributed by atoms with Crippen molar-refractivity contribution in [2.75, 3.05) is 13.7 Å². The predicted molar refractivity (Wildman–Crippen MR) is 65.9 cm³/mol. The molecule has 1 atom stereocenters. The topological polar surface area (TPSA) is 55.4 Å². The first-order valence-corrected chi connectivity index (χ1v) is 6.49. The Morgan fingerprint density at radius 3 is 2.47 bits per heavy atom. The summed E-state index contributed by atoms with van der Waals surface area (Å²) in [6.45, 7) is 2.16. The van der Waals surface area contributed by atoms with Gasteiger partial charge in [0.2, 0.25) is 5.91 Å². The number of amides is 1. The maximum atomic E-state index is 12.1. The van der Waals surface area contributed by atoms with Gasteiger partial charge in [0.1, 0.15) is 5.38 Å². The summed E-state index contributed by atoms with van der Waals surface area (Å²) in [6.07, 6.45) is 4.90. The van der Waals surface area contributed by atoms with Gasteiger partial charge in [0.25, 0.3) is 0 Å². The van der Waals surface area contributed by atoms with E-state index in [4.69, 9.17) is 11.6 Å². The van der Waals surface area contributed by atoms with E-state index < -0.39 is 11.3 Å². The molecule has 1 rings (SSSR count). The number of halogens is 1. The average Bonchev–Trinajstić information content (AvgIpc) is 2.84. The van der Waals surface area contributed by atoms with E-state index in [0.717, 1.165) is 32.1 Å². The van der Waals surface area contributed by atoms with Gasteiger partial charge in [-0.15, -0.1) is 11.6 Å². The Morgan fingerprint density at radius 2 is 2.00 bits per heavy atom. The summed E-state index contributed by atoms with van der Waals surface area (Å²) in [4.78, 5) is 23.2. The lowest BCUT2D eigenvalue weighted by molar-refractivity contribution is -0.140. The fraction of sp³-hybridized carbons (Fsp3) is 0.833. The highest BCUT2D eigenvalue weighted by Crippen LogP contribution is 2.41. The van der Waals surface area contributed by atoms with Crippen LogP contribution >= 0.6 is 11.6 Å². The van der Waals surface area contributed by atoms with E-state index in [1.807, 2.05) is 6.92 Å². The van der Waals surface area contributed by atoms with Crippen molar-refractivity contribution in [1.29, 1.82) is 0 Å². The fourth-order valence-electron chi connectivity index (χ4n) is 2.37. The molecule has 0 heterocycles. The van der Waals surface area contributed by atoms with Gasteiger partial charge in [-0.2, -0.15) is 0 Å². The van der Waals surface area contributed by atoms with Gasteiger partial charge in [-0.3, -0.25) is 9.59 Å². The second-order valence-corrected chi connectivity index (χ2v) is 5.07. The monoisotopic (exact) mass is 261 g/mol. The van der Waals surface area contributed by atoms with E-state index in [1.165, 1.54) is 7.11 Å². The Hall–Kier alpha value is -0.770. The number of ether oxygens (including phenoxy) is 1. The zero-order valence-corrected chi connectivity index (χ0v) is 11.2. The Morgan fingerprint density at radius 1 is 1.41 bits per heavy atom. The number of carbonyl (C=O) groups excluding carboxylic acids is 2. The molecule has 1 saturated carbocycles. The Bertz CT molecular complexity index is 287. The molecule has 0 aromatic heterocycles. The van der Waals surface area contributed by atoms with Gasteiger partial charge in [0.15, 0.2) is 0 Å². The van der Waals surface area contributed by atoms with Gasteiger partial charge in [0, 0.05) is 12.0 Å². The van der Waals surface area contributed by atoms with Crippen molar-refractivity contribution in [3.63, 3.8) is 0 Å². The van der Waals surface area contributed by atoms with Crippen LogP contribution in [0, 0.1) is 5.41 Å². The number of alkyl halides is 1. The van der Waals surface area contributed by atoms with Gasteiger partial charge in [0.05, 0.1) is 7.11 Å². The fourth-order valence-corrected chi connectivity index (χ4v) is 2.54. The third-order valence-corrected chi connectivity index (χ3v) is 3.95. The zero-order chi connectivity index (χ0) is 12.9. The molecule has 1 fully saturated rings. The van der Waals surface area contributed by atoms with Crippen LogP contribution in [0.2, 0.25) is 0 Å². The van der Waals surface area contributed by atoms with Crippen molar-refractivity contribution < 1.29 is 14.3 Å². The molecule has 0 aromatic carbocycles. The molecule has 1 unspecified atom stereocenters. The van der Waals surface area contributed by atoms with Crippen molar-refractivity contribution in [3.05, 3.63) is 0 Å². The van der Waals surface area contributed by atoms with Crippen LogP contribution in [-0.2, 0) is 14.3 Å². The highest BCUT2D eigenvalue weighted by molar-refractivity contribution is 6.30. The quantitative estimate of drug-likeness (QED) is 0.607. The standard InChI is InChI=1S/C12H20ClNO3/c1-3-12(6-4-5-7-12)11(16)14-8-9(13)10(15)17-2/h9H,3-8H2,1-2H3,(H,14,16). The number of methoxy groups -OCH3 is 1. The third-order valence-electron chi connectivity index (χ3n) is 3.62. The van der Waals surface area contributed by atoms with Gasteiger partial charge < -0.3 is 10.1 Å². The van der Waals surface area contributed by atoms with E-state index >= 15 is 0 Å². The highest BCUT2D eigenvalue weighted by Gasteiger charge is 2.39. The van der Waals surface area contributed by atoms with Gasteiger partial charge in [-0.1, -0.05) is 19.8 Å². The van der Waals surface area contributed by atoms with Crippen LogP contribution in [0.25, 0.3) is 0 Å². The maximum absolute atomic E-state index is 12.1. The van der Waals surface area contributed by atoms with Gasteiger partial charge in [-0.25, -0.2) is 0 Å². The molecule has 17 heavy (non-hydrogen) atoms.